The highest BCUT2D eigenvalue weighted by molar-refractivity contribution is 6.05. The second-order valence-corrected chi connectivity index (χ2v) is 10.5. The maximum Gasteiger partial charge on any atom is 0.255 e. The number of benzene rings is 2. The van der Waals surface area contributed by atoms with E-state index in [1.165, 1.54) is 24.0 Å². The molecule has 3 aliphatic heterocycles. The number of hydrogen-bond donors (Lipinski definition) is 1. The quantitative estimate of drug-likeness (QED) is 0.448. The Morgan fingerprint density at radius 2 is 1.85 bits per heavy atom. The minimum atomic E-state index is -0.616. The van der Waals surface area contributed by atoms with Gasteiger partial charge in [-0.2, -0.15) is 5.10 Å². The number of likely N-dealkylation sites (tertiary alicyclic amines) is 1. The molecule has 0 aliphatic carbocycles. The number of rotatable bonds is 8. The van der Waals surface area contributed by atoms with Crippen LogP contribution in [0, 0.1) is 0 Å². The number of amides is 3. The first kappa shape index (κ1) is 25.2. The highest BCUT2D eigenvalue weighted by Gasteiger charge is 2.39. The molecule has 0 saturated carbocycles. The molecule has 2 fully saturated rings. The van der Waals surface area contributed by atoms with E-state index in [-0.39, 0.29) is 24.3 Å². The molecule has 3 amide bonds. The number of piperidine rings is 2. The summed E-state index contributed by atoms with van der Waals surface area (Å²) in [5.74, 6) is -0.131. The summed E-state index contributed by atoms with van der Waals surface area (Å²) in [6.07, 6.45) is 7.30. The zero-order valence-electron chi connectivity index (χ0n) is 21.8. The minimum absolute atomic E-state index is 0.172. The number of imide groups is 1. The summed E-state index contributed by atoms with van der Waals surface area (Å²) in [7, 11) is 0. The first-order valence-electron chi connectivity index (χ1n) is 13.6. The smallest absolute Gasteiger partial charge is 0.255 e. The summed E-state index contributed by atoms with van der Waals surface area (Å²) < 4.78 is 8.13. The summed E-state index contributed by atoms with van der Waals surface area (Å²) in [4.78, 5) is 45.0. The van der Waals surface area contributed by atoms with Crippen molar-refractivity contribution in [2.75, 3.05) is 13.2 Å². The number of nitrogens with one attached hydrogen (secondary N) is 1. The van der Waals surface area contributed by atoms with Crippen LogP contribution in [0.4, 0.5) is 0 Å². The van der Waals surface area contributed by atoms with E-state index in [1.807, 2.05) is 16.8 Å². The monoisotopic (exact) mass is 528 g/mol. The Bertz CT molecular complexity index is 1370. The molecule has 2 atom stereocenters. The fraction of sp³-hybridized carbons (Fsp3) is 0.414. The van der Waals surface area contributed by atoms with Crippen molar-refractivity contribution in [3.05, 3.63) is 77.4 Å². The predicted molar refractivity (Wildman–Crippen MR) is 142 cm³/mol. The van der Waals surface area contributed by atoms with Gasteiger partial charge >= 0.3 is 0 Å². The third-order valence-electron chi connectivity index (χ3n) is 7.98. The first-order valence-corrected chi connectivity index (χ1v) is 13.6. The van der Waals surface area contributed by atoms with Crippen molar-refractivity contribution in [3.8, 4) is 5.75 Å². The van der Waals surface area contributed by atoms with Crippen LogP contribution in [0.25, 0.3) is 0 Å². The zero-order chi connectivity index (χ0) is 26.8. The highest BCUT2D eigenvalue weighted by Crippen LogP contribution is 2.31. The molecule has 10 nitrogen and oxygen atoms in total. The van der Waals surface area contributed by atoms with Crippen molar-refractivity contribution in [2.45, 2.75) is 63.8 Å². The Hall–Kier alpha value is -4.05. The van der Waals surface area contributed by atoms with Crippen molar-refractivity contribution in [1.82, 2.24) is 29.9 Å². The van der Waals surface area contributed by atoms with Gasteiger partial charge in [-0.3, -0.25) is 24.6 Å². The number of hydrogen-bond acceptors (Lipinski definition) is 7. The topological polar surface area (TPSA) is 110 Å². The Morgan fingerprint density at radius 3 is 2.64 bits per heavy atom. The number of carbonyl (C=O) groups is 3. The number of nitrogens with zero attached hydrogens (tertiary/aromatic N) is 5. The molecule has 4 heterocycles. The standard InChI is InChI=1S/C29H32N6O4/c36-27-11-10-26(28(37)32-27)35-16-22-13-24(8-9-25(22)29(35)38)39-17-23-7-3-4-12-33(23)14-20-5-1-2-6-21(20)15-34-19-30-18-31-34/h1-2,5-6,8-9,13,18-19,23,26H,3-4,7,10-12,14-17H2,(H,32,36,37)/t23-,26?/m0/s1. The fourth-order valence-corrected chi connectivity index (χ4v) is 5.86. The number of fused-ring (bicyclic) bond motifs is 1. The van der Waals surface area contributed by atoms with Gasteiger partial charge in [-0.1, -0.05) is 30.7 Å². The van der Waals surface area contributed by atoms with Gasteiger partial charge in [0, 0.05) is 31.1 Å². The lowest BCUT2D eigenvalue weighted by Crippen LogP contribution is -2.52. The molecule has 10 heteroatoms. The van der Waals surface area contributed by atoms with Crippen LogP contribution in [-0.2, 0) is 29.2 Å². The number of aromatic nitrogens is 3. The second-order valence-electron chi connectivity index (χ2n) is 10.5. The molecule has 3 aliphatic rings. The Balaban J connectivity index is 1.10. The third-order valence-corrected chi connectivity index (χ3v) is 7.98. The van der Waals surface area contributed by atoms with E-state index in [2.05, 4.69) is 44.6 Å². The summed E-state index contributed by atoms with van der Waals surface area (Å²) in [6.45, 7) is 3.46. The van der Waals surface area contributed by atoms with E-state index in [0.717, 1.165) is 30.8 Å². The van der Waals surface area contributed by atoms with E-state index in [1.54, 1.807) is 23.6 Å². The summed E-state index contributed by atoms with van der Waals surface area (Å²) in [5, 5.41) is 6.61. The SMILES string of the molecule is O=C1CCC(N2Cc3cc(OC[C@@H]4CCCCN4Cc4ccccc4Cn4cncn4)ccc3C2=O)C(=O)N1. The molecule has 0 radical (unpaired) electrons. The lowest BCUT2D eigenvalue weighted by atomic mass is 10.00. The van der Waals surface area contributed by atoms with Gasteiger partial charge in [0.15, 0.2) is 0 Å². The van der Waals surface area contributed by atoms with Crippen LogP contribution in [0.3, 0.4) is 0 Å². The van der Waals surface area contributed by atoms with Crippen molar-refractivity contribution >= 4 is 17.7 Å². The van der Waals surface area contributed by atoms with E-state index >= 15 is 0 Å². The molecule has 2 saturated heterocycles. The first-order chi connectivity index (χ1) is 19.0. The third kappa shape index (κ3) is 5.42. The average Bonchev–Trinajstić information content (AvgIpc) is 3.57. The fourth-order valence-electron chi connectivity index (χ4n) is 5.86. The lowest BCUT2D eigenvalue weighted by molar-refractivity contribution is -0.136. The average molecular weight is 529 g/mol. The van der Waals surface area contributed by atoms with Gasteiger partial charge in [-0.25, -0.2) is 9.67 Å². The highest BCUT2D eigenvalue weighted by atomic mass is 16.5. The van der Waals surface area contributed by atoms with Crippen molar-refractivity contribution < 1.29 is 19.1 Å². The Morgan fingerprint density at radius 1 is 1.00 bits per heavy atom. The molecule has 6 rings (SSSR count). The Kier molecular flexibility index (Phi) is 7.10. The molecule has 0 bridgehead atoms. The lowest BCUT2D eigenvalue weighted by Gasteiger charge is -2.36. The molecule has 0 spiro atoms. The van der Waals surface area contributed by atoms with Crippen molar-refractivity contribution in [1.29, 1.82) is 0 Å². The molecule has 3 aromatic rings. The van der Waals surface area contributed by atoms with Gasteiger partial charge in [0.25, 0.3) is 5.91 Å². The minimum Gasteiger partial charge on any atom is -0.492 e. The van der Waals surface area contributed by atoms with Crippen LogP contribution >= 0.6 is 0 Å². The van der Waals surface area contributed by atoms with E-state index in [0.29, 0.717) is 31.7 Å². The van der Waals surface area contributed by atoms with Crippen LogP contribution in [0.2, 0.25) is 0 Å². The van der Waals surface area contributed by atoms with Gasteiger partial charge < -0.3 is 9.64 Å². The van der Waals surface area contributed by atoms with Crippen LogP contribution in [0.1, 0.15) is 59.2 Å². The van der Waals surface area contributed by atoms with Gasteiger partial charge in [0.1, 0.15) is 31.1 Å². The number of ether oxygens (including phenoxy) is 1. The molecular weight excluding hydrogens is 496 g/mol. The van der Waals surface area contributed by atoms with Crippen molar-refractivity contribution in [2.24, 2.45) is 0 Å². The molecular formula is C29H32N6O4. The summed E-state index contributed by atoms with van der Waals surface area (Å²) in [6, 6.07) is 13.7. The van der Waals surface area contributed by atoms with Crippen LogP contribution in [0.5, 0.6) is 5.75 Å². The molecule has 1 unspecified atom stereocenters. The molecule has 1 aromatic heterocycles. The van der Waals surface area contributed by atoms with E-state index in [4.69, 9.17) is 4.74 Å². The van der Waals surface area contributed by atoms with Gasteiger partial charge in [0.05, 0.1) is 6.54 Å². The largest absolute Gasteiger partial charge is 0.492 e. The van der Waals surface area contributed by atoms with Gasteiger partial charge in [-0.05, 0) is 60.7 Å². The molecule has 202 valence electrons. The maximum absolute atomic E-state index is 13.0. The molecule has 39 heavy (non-hydrogen) atoms. The van der Waals surface area contributed by atoms with Crippen LogP contribution < -0.4 is 10.1 Å². The number of carbonyl (C=O) groups excluding carboxylic acids is 3. The van der Waals surface area contributed by atoms with E-state index in [9.17, 15) is 14.4 Å². The van der Waals surface area contributed by atoms with Gasteiger partial charge in [-0.15, -0.1) is 0 Å². The summed E-state index contributed by atoms with van der Waals surface area (Å²) >= 11 is 0. The summed E-state index contributed by atoms with van der Waals surface area (Å²) in [5.41, 5.74) is 3.96. The van der Waals surface area contributed by atoms with Crippen molar-refractivity contribution in [3.63, 3.8) is 0 Å². The maximum atomic E-state index is 13.0. The molecule has 2 aromatic carbocycles. The zero-order valence-corrected chi connectivity index (χ0v) is 21.8. The molecule has 1 N–H and O–H groups in total. The van der Waals surface area contributed by atoms with Crippen LogP contribution in [-0.4, -0.2) is 67.5 Å². The van der Waals surface area contributed by atoms with E-state index < -0.39 is 11.9 Å². The van der Waals surface area contributed by atoms with Crippen LogP contribution in [0.15, 0.2) is 55.1 Å². The predicted octanol–water partition coefficient (Wildman–Crippen LogP) is 2.52. The normalized spacial score (nSPS) is 21.6. The van der Waals surface area contributed by atoms with Gasteiger partial charge in [0.2, 0.25) is 11.8 Å². The second kappa shape index (κ2) is 11.0. The Labute approximate surface area is 226 Å².